The van der Waals surface area contributed by atoms with Gasteiger partial charge in [0.2, 0.25) is 5.91 Å². The fourth-order valence-electron chi connectivity index (χ4n) is 2.55. The molecule has 1 aromatic rings. The molecule has 2 atom stereocenters. The van der Waals surface area contributed by atoms with E-state index in [2.05, 4.69) is 10.6 Å². The van der Waals surface area contributed by atoms with Crippen LogP contribution in [0.3, 0.4) is 0 Å². The van der Waals surface area contributed by atoms with Gasteiger partial charge in [-0.3, -0.25) is 4.79 Å². The highest BCUT2D eigenvalue weighted by Crippen LogP contribution is 2.22. The summed E-state index contributed by atoms with van der Waals surface area (Å²) in [5, 5.41) is 6.01. The number of hydrogen-bond acceptors (Lipinski definition) is 2. The Hall–Kier alpha value is -1.49. The van der Waals surface area contributed by atoms with E-state index >= 15 is 0 Å². The van der Waals surface area contributed by atoms with Crippen LogP contribution in [0.15, 0.2) is 18.2 Å². The number of halogens is 2. The Kier molecular flexibility index (Phi) is 5.06. The van der Waals surface area contributed by atoms with E-state index in [4.69, 9.17) is 0 Å². The lowest BCUT2D eigenvalue weighted by atomic mass is 9.97. The molecule has 110 valence electrons. The molecule has 3 nitrogen and oxygen atoms in total. The minimum atomic E-state index is -0.492. The number of nitrogens with one attached hydrogen (secondary N) is 2. The largest absolute Gasteiger partial charge is 0.349 e. The van der Waals surface area contributed by atoms with E-state index in [1.54, 1.807) is 0 Å². The molecule has 0 saturated carbocycles. The molecule has 1 saturated heterocycles. The summed E-state index contributed by atoms with van der Waals surface area (Å²) in [4.78, 5) is 12.2. The Morgan fingerprint density at radius 1 is 1.50 bits per heavy atom. The van der Waals surface area contributed by atoms with E-state index in [-0.39, 0.29) is 17.4 Å². The lowest BCUT2D eigenvalue weighted by molar-refractivity contribution is -0.126. The van der Waals surface area contributed by atoms with Crippen LogP contribution < -0.4 is 10.6 Å². The second kappa shape index (κ2) is 6.79. The quantitative estimate of drug-likeness (QED) is 0.891. The molecular formula is C15H20F2N2O. The van der Waals surface area contributed by atoms with Crippen LogP contribution in [0.1, 0.15) is 37.8 Å². The predicted octanol–water partition coefficient (Wildman–Crippen LogP) is 2.53. The Morgan fingerprint density at radius 3 is 2.95 bits per heavy atom. The highest BCUT2D eigenvalue weighted by Gasteiger charge is 2.24. The van der Waals surface area contributed by atoms with Crippen molar-refractivity contribution in [3.63, 3.8) is 0 Å². The van der Waals surface area contributed by atoms with E-state index in [0.717, 1.165) is 37.6 Å². The summed E-state index contributed by atoms with van der Waals surface area (Å²) in [6.07, 6.45) is 2.32. The molecule has 1 fully saturated rings. The molecule has 2 unspecified atom stereocenters. The minimum Gasteiger partial charge on any atom is -0.349 e. The number of rotatable bonds is 4. The molecule has 1 aromatic carbocycles. The van der Waals surface area contributed by atoms with E-state index in [1.165, 1.54) is 0 Å². The monoisotopic (exact) mass is 282 g/mol. The molecule has 1 heterocycles. The molecule has 0 bridgehead atoms. The molecular weight excluding hydrogens is 262 g/mol. The van der Waals surface area contributed by atoms with Crippen LogP contribution in [-0.2, 0) is 4.79 Å². The zero-order chi connectivity index (χ0) is 14.5. The maximum absolute atomic E-state index is 13.8. The van der Waals surface area contributed by atoms with Gasteiger partial charge in [0, 0.05) is 12.1 Å². The molecule has 2 N–H and O–H groups in total. The fourth-order valence-corrected chi connectivity index (χ4v) is 2.55. The second-order valence-electron chi connectivity index (χ2n) is 5.18. The number of piperidine rings is 1. The van der Waals surface area contributed by atoms with Crippen molar-refractivity contribution in [2.24, 2.45) is 5.92 Å². The van der Waals surface area contributed by atoms with Gasteiger partial charge in [-0.1, -0.05) is 6.92 Å². The standard InChI is InChI=1S/C15H20F2N2O/c1-2-14(12-8-11(16)5-6-13(12)17)19-15(20)10-4-3-7-18-9-10/h5-6,8,10,14,18H,2-4,7,9H2,1H3,(H,19,20). The zero-order valence-corrected chi connectivity index (χ0v) is 11.6. The predicted molar refractivity (Wildman–Crippen MR) is 73.1 cm³/mol. The molecule has 1 aliphatic heterocycles. The van der Waals surface area contributed by atoms with Crippen LogP contribution in [0, 0.1) is 17.6 Å². The Bertz CT molecular complexity index is 473. The molecule has 20 heavy (non-hydrogen) atoms. The van der Waals surface area contributed by atoms with Gasteiger partial charge in [-0.15, -0.1) is 0 Å². The Labute approximate surface area is 117 Å². The average molecular weight is 282 g/mol. The molecule has 5 heteroatoms. The smallest absolute Gasteiger partial charge is 0.224 e. The molecule has 0 radical (unpaired) electrons. The minimum absolute atomic E-state index is 0.0885. The van der Waals surface area contributed by atoms with Crippen molar-refractivity contribution in [2.45, 2.75) is 32.2 Å². The normalized spacial score (nSPS) is 20.4. The molecule has 1 amide bonds. The zero-order valence-electron chi connectivity index (χ0n) is 11.6. The number of hydrogen-bond donors (Lipinski definition) is 2. The number of carbonyl (C=O) groups is 1. The summed E-state index contributed by atoms with van der Waals surface area (Å²) in [7, 11) is 0. The maximum atomic E-state index is 13.8. The second-order valence-corrected chi connectivity index (χ2v) is 5.18. The first kappa shape index (κ1) is 14.9. The number of benzene rings is 1. The molecule has 2 rings (SSSR count). The summed E-state index contributed by atoms with van der Waals surface area (Å²) < 4.78 is 27.0. The number of carbonyl (C=O) groups excluding carboxylic acids is 1. The van der Waals surface area contributed by atoms with Crippen molar-refractivity contribution in [3.8, 4) is 0 Å². The number of amides is 1. The average Bonchev–Trinajstić information content (AvgIpc) is 2.48. The maximum Gasteiger partial charge on any atom is 0.224 e. The topological polar surface area (TPSA) is 41.1 Å². The van der Waals surface area contributed by atoms with E-state index in [1.807, 2.05) is 6.92 Å². The van der Waals surface area contributed by atoms with Crippen molar-refractivity contribution in [1.82, 2.24) is 10.6 Å². The van der Waals surface area contributed by atoms with Crippen LogP contribution in [0.4, 0.5) is 8.78 Å². The Morgan fingerprint density at radius 2 is 2.30 bits per heavy atom. The Balaban J connectivity index is 2.08. The SMILES string of the molecule is CCC(NC(=O)C1CCCNC1)c1cc(F)ccc1F. The third-order valence-electron chi connectivity index (χ3n) is 3.73. The molecule has 1 aliphatic rings. The molecule has 0 spiro atoms. The van der Waals surface area contributed by atoms with Gasteiger partial charge in [-0.05, 0) is 44.0 Å². The van der Waals surface area contributed by atoms with Crippen LogP contribution >= 0.6 is 0 Å². The van der Waals surface area contributed by atoms with Gasteiger partial charge < -0.3 is 10.6 Å². The van der Waals surface area contributed by atoms with Crippen molar-refractivity contribution >= 4 is 5.91 Å². The summed E-state index contributed by atoms with van der Waals surface area (Å²) in [6, 6.07) is 2.85. The highest BCUT2D eigenvalue weighted by atomic mass is 19.1. The third kappa shape index (κ3) is 3.54. The first-order valence-corrected chi connectivity index (χ1v) is 7.08. The van der Waals surface area contributed by atoms with E-state index < -0.39 is 17.7 Å². The van der Waals surface area contributed by atoms with Crippen molar-refractivity contribution < 1.29 is 13.6 Å². The van der Waals surface area contributed by atoms with E-state index in [9.17, 15) is 13.6 Å². The van der Waals surface area contributed by atoms with E-state index in [0.29, 0.717) is 13.0 Å². The summed E-state index contributed by atoms with van der Waals surface area (Å²) in [5.41, 5.74) is 0.213. The van der Waals surface area contributed by atoms with Gasteiger partial charge in [-0.2, -0.15) is 0 Å². The van der Waals surface area contributed by atoms with Crippen molar-refractivity contribution in [3.05, 3.63) is 35.4 Å². The van der Waals surface area contributed by atoms with Gasteiger partial charge >= 0.3 is 0 Å². The fraction of sp³-hybridized carbons (Fsp3) is 0.533. The van der Waals surface area contributed by atoms with Crippen LogP contribution in [0.5, 0.6) is 0 Å². The van der Waals surface area contributed by atoms with Gasteiger partial charge in [0.15, 0.2) is 0 Å². The molecule has 0 aromatic heterocycles. The summed E-state index contributed by atoms with van der Waals surface area (Å²) in [5.74, 6) is -1.16. The lowest BCUT2D eigenvalue weighted by Crippen LogP contribution is -2.41. The first-order chi connectivity index (χ1) is 9.61. The van der Waals surface area contributed by atoms with Gasteiger partial charge in [0.1, 0.15) is 11.6 Å². The van der Waals surface area contributed by atoms with Crippen LogP contribution in [0.2, 0.25) is 0 Å². The van der Waals surface area contributed by atoms with Gasteiger partial charge in [0.25, 0.3) is 0 Å². The summed E-state index contributed by atoms with van der Waals surface area (Å²) in [6.45, 7) is 3.42. The first-order valence-electron chi connectivity index (χ1n) is 7.08. The van der Waals surface area contributed by atoms with Crippen LogP contribution in [0.25, 0.3) is 0 Å². The molecule has 0 aliphatic carbocycles. The van der Waals surface area contributed by atoms with Crippen LogP contribution in [-0.4, -0.2) is 19.0 Å². The van der Waals surface area contributed by atoms with Crippen molar-refractivity contribution in [1.29, 1.82) is 0 Å². The highest BCUT2D eigenvalue weighted by molar-refractivity contribution is 5.79. The van der Waals surface area contributed by atoms with Crippen molar-refractivity contribution in [2.75, 3.05) is 13.1 Å². The van der Waals surface area contributed by atoms with Gasteiger partial charge in [0.05, 0.1) is 12.0 Å². The third-order valence-corrected chi connectivity index (χ3v) is 3.73. The summed E-state index contributed by atoms with van der Waals surface area (Å²) >= 11 is 0. The van der Waals surface area contributed by atoms with Gasteiger partial charge in [-0.25, -0.2) is 8.78 Å². The lowest BCUT2D eigenvalue weighted by Gasteiger charge is -2.25.